The maximum atomic E-state index is 8.60. The van der Waals surface area contributed by atoms with Crippen LogP contribution in [0.3, 0.4) is 0 Å². The molecule has 0 amide bonds. The minimum absolute atomic E-state index is 0.0267. The van der Waals surface area contributed by atoms with E-state index in [4.69, 9.17) is 23.4 Å². The maximum Gasteiger partial charge on any atom is 0.209 e. The summed E-state index contributed by atoms with van der Waals surface area (Å²) >= 11 is 0. The average Bonchev–Trinajstić information content (AvgIpc) is 3.23. The molecule has 0 aromatic heterocycles. The van der Waals surface area contributed by atoms with Gasteiger partial charge in [0.1, 0.15) is 12.8 Å². The minimum atomic E-state index is -4.69. The predicted molar refractivity (Wildman–Crippen MR) is 154 cm³/mol. The number of hydrogen-bond acceptors (Lipinski definition) is 6. The van der Waals surface area contributed by atoms with E-state index in [-0.39, 0.29) is 10.8 Å². The van der Waals surface area contributed by atoms with Crippen LogP contribution in [0.1, 0.15) is 58.1 Å². The third kappa shape index (κ3) is 6.20. The molecule has 2 aromatic carbocycles. The summed E-state index contributed by atoms with van der Waals surface area (Å²) in [5, 5.41) is 0. The summed E-state index contributed by atoms with van der Waals surface area (Å²) in [6, 6.07) is 17.5. The molecule has 0 atom stereocenters. The Hall–Kier alpha value is -3.20. The Morgan fingerprint density at radius 3 is 2.12 bits per heavy atom. The number of fused-ring (bicyclic) bond motifs is 2. The van der Waals surface area contributed by atoms with Crippen molar-refractivity contribution in [2.45, 2.75) is 57.8 Å². The molecule has 2 aromatic rings. The first-order valence-corrected chi connectivity index (χ1v) is 15.0. The van der Waals surface area contributed by atoms with Gasteiger partial charge in [-0.1, -0.05) is 56.3 Å². The molecular formula is C33H40ClN2O5+. The number of methoxy groups -OCH3 is 1. The SMILES string of the molecule is COC1=C(/C=C/C2=[N+](C)c3ccccc3C2(C)C)CCC/C1=C\C=C1\N(C)c2ccccc2C1(C)C.[O-][Cl+3]([O-])([O-])O. The van der Waals surface area contributed by atoms with Crippen LogP contribution in [0.4, 0.5) is 11.4 Å². The fourth-order valence-corrected chi connectivity index (χ4v) is 6.45. The van der Waals surface area contributed by atoms with E-state index in [1.165, 1.54) is 45.1 Å². The Morgan fingerprint density at radius 2 is 1.51 bits per heavy atom. The lowest BCUT2D eigenvalue weighted by molar-refractivity contribution is -1.92. The number of likely N-dealkylation sites (N-methyl/N-ethyl adjacent to an activating group) is 1. The van der Waals surface area contributed by atoms with Crippen molar-refractivity contribution < 1.29 is 38.2 Å². The van der Waals surface area contributed by atoms with Crippen LogP contribution in [0.2, 0.25) is 0 Å². The van der Waals surface area contributed by atoms with Crippen molar-refractivity contribution in [3.05, 3.63) is 107 Å². The monoisotopic (exact) mass is 579 g/mol. The summed E-state index contributed by atoms with van der Waals surface area (Å²) in [5.41, 5.74) is 10.5. The number of nitrogens with zero attached hydrogens (tertiary/aromatic N) is 2. The van der Waals surface area contributed by atoms with E-state index in [1.807, 2.05) is 7.11 Å². The molecule has 2 aliphatic heterocycles. The zero-order valence-corrected chi connectivity index (χ0v) is 25.7. The highest BCUT2D eigenvalue weighted by Crippen LogP contribution is 2.47. The molecule has 0 saturated carbocycles. The molecule has 41 heavy (non-hydrogen) atoms. The smallest absolute Gasteiger partial charge is 0.209 e. The normalized spacial score (nSPS) is 21.4. The van der Waals surface area contributed by atoms with Crippen LogP contribution in [-0.2, 0) is 15.6 Å². The van der Waals surface area contributed by atoms with E-state index >= 15 is 0 Å². The first-order valence-electron chi connectivity index (χ1n) is 13.7. The van der Waals surface area contributed by atoms with Crippen LogP contribution < -0.4 is 18.9 Å². The van der Waals surface area contributed by atoms with Gasteiger partial charge >= 0.3 is 0 Å². The van der Waals surface area contributed by atoms with Crippen LogP contribution in [0.15, 0.2) is 95.4 Å². The molecule has 0 fully saturated rings. The second-order valence-electron chi connectivity index (χ2n) is 11.7. The van der Waals surface area contributed by atoms with Crippen molar-refractivity contribution in [3.63, 3.8) is 0 Å². The Bertz CT molecular complexity index is 1470. The summed E-state index contributed by atoms with van der Waals surface area (Å²) < 4.78 is 41.1. The standard InChI is InChI=1S/C33H39N2O.ClHO4/c1-32(2)25-15-8-10-17-27(25)34(5)29(32)21-19-23-13-12-14-24(31(23)36-7)20-22-30-33(3,4)26-16-9-11-18-28(26)35(30)6;2-1(3,4)5/h8-11,15-22H,12-14H2,1-7H3;(H,2,3,4,5)/q+1;. The van der Waals surface area contributed by atoms with Gasteiger partial charge in [-0.15, -0.1) is 0 Å². The highest BCUT2D eigenvalue weighted by molar-refractivity contribution is 6.03. The molecule has 0 unspecified atom stereocenters. The van der Waals surface area contributed by atoms with Crippen LogP contribution in [-0.4, -0.2) is 36.2 Å². The highest BCUT2D eigenvalue weighted by Gasteiger charge is 2.42. The zero-order valence-electron chi connectivity index (χ0n) is 24.9. The summed E-state index contributed by atoms with van der Waals surface area (Å²) in [6.07, 6.45) is 12.4. The van der Waals surface area contributed by atoms with Gasteiger partial charge in [0.05, 0.1) is 27.4 Å². The number of rotatable bonds is 4. The van der Waals surface area contributed by atoms with Crippen LogP contribution in [0.5, 0.6) is 0 Å². The maximum absolute atomic E-state index is 8.60. The summed E-state index contributed by atoms with van der Waals surface area (Å²) in [7, 11) is 1.47. The number of hydrogen-bond donors (Lipinski definition) is 1. The van der Waals surface area contributed by atoms with Crippen molar-refractivity contribution in [1.29, 1.82) is 0 Å². The molecule has 0 spiro atoms. The number of ether oxygens (including phenoxy) is 1. The number of anilines is 1. The molecular weight excluding hydrogens is 540 g/mol. The van der Waals surface area contributed by atoms with Gasteiger partial charge in [-0.2, -0.15) is 18.6 Å². The Morgan fingerprint density at radius 1 is 0.902 bits per heavy atom. The topological polar surface area (TPSA) is 105 Å². The molecule has 0 radical (unpaired) electrons. The third-order valence-electron chi connectivity index (χ3n) is 8.45. The van der Waals surface area contributed by atoms with Gasteiger partial charge < -0.3 is 9.64 Å². The number of para-hydroxylation sites is 2. The summed E-state index contributed by atoms with van der Waals surface area (Å²) in [5.74, 6) is 1.03. The molecule has 0 bridgehead atoms. The largest absolute Gasteiger partial charge is 0.496 e. The zero-order chi connectivity index (χ0) is 30.2. The van der Waals surface area contributed by atoms with E-state index in [9.17, 15) is 0 Å². The van der Waals surface area contributed by atoms with Crippen molar-refractivity contribution in [2.24, 2.45) is 0 Å². The molecule has 1 N–H and O–H groups in total. The quantitative estimate of drug-likeness (QED) is 0.556. The molecule has 0 saturated heterocycles. The van der Waals surface area contributed by atoms with E-state index in [0.29, 0.717) is 0 Å². The molecule has 5 rings (SSSR count). The van der Waals surface area contributed by atoms with Crippen LogP contribution in [0, 0.1) is 10.2 Å². The van der Waals surface area contributed by atoms with Gasteiger partial charge in [-0.25, -0.2) is 0 Å². The summed E-state index contributed by atoms with van der Waals surface area (Å²) in [6.45, 7) is 9.27. The Labute approximate surface area is 245 Å². The first-order chi connectivity index (χ1) is 19.2. The van der Waals surface area contributed by atoms with Crippen molar-refractivity contribution in [3.8, 4) is 0 Å². The van der Waals surface area contributed by atoms with Gasteiger partial charge in [0, 0.05) is 41.6 Å². The van der Waals surface area contributed by atoms with E-state index in [2.05, 4.69) is 124 Å². The van der Waals surface area contributed by atoms with E-state index in [1.54, 1.807) is 0 Å². The van der Waals surface area contributed by atoms with E-state index < -0.39 is 10.2 Å². The number of benzene rings is 2. The molecule has 8 heteroatoms. The van der Waals surface area contributed by atoms with E-state index in [0.717, 1.165) is 25.0 Å². The number of allylic oxidation sites excluding steroid dienone is 7. The number of halogens is 1. The third-order valence-corrected chi connectivity index (χ3v) is 8.45. The predicted octanol–water partition coefficient (Wildman–Crippen LogP) is 3.45. The average molecular weight is 580 g/mol. The second-order valence-corrected chi connectivity index (χ2v) is 12.5. The highest BCUT2D eigenvalue weighted by atomic mass is 35.7. The molecule has 2 heterocycles. The fraction of sp³-hybridized carbons (Fsp3) is 0.364. The van der Waals surface area contributed by atoms with Crippen molar-refractivity contribution in [1.82, 2.24) is 0 Å². The lowest BCUT2D eigenvalue weighted by atomic mass is 9.81. The summed E-state index contributed by atoms with van der Waals surface area (Å²) in [4.78, 5) is 2.33. The fourth-order valence-electron chi connectivity index (χ4n) is 6.45. The van der Waals surface area contributed by atoms with Gasteiger partial charge in [0.25, 0.3) is 0 Å². The molecule has 7 nitrogen and oxygen atoms in total. The molecule has 218 valence electrons. The van der Waals surface area contributed by atoms with Crippen molar-refractivity contribution in [2.75, 3.05) is 26.1 Å². The lowest BCUT2D eigenvalue weighted by Gasteiger charge is -2.24. The second kappa shape index (κ2) is 11.6. The van der Waals surface area contributed by atoms with Crippen LogP contribution in [0.25, 0.3) is 0 Å². The molecule has 1 aliphatic carbocycles. The molecule has 3 aliphatic rings. The first kappa shape index (κ1) is 30.8. The van der Waals surface area contributed by atoms with Gasteiger partial charge in [-0.05, 0) is 68.0 Å². The van der Waals surface area contributed by atoms with Gasteiger partial charge in [0.2, 0.25) is 5.69 Å². The van der Waals surface area contributed by atoms with Crippen LogP contribution >= 0.6 is 0 Å². The lowest BCUT2D eigenvalue weighted by Crippen LogP contribution is -2.58. The van der Waals surface area contributed by atoms with Crippen molar-refractivity contribution >= 4 is 17.1 Å². The van der Waals surface area contributed by atoms with Gasteiger partial charge in [-0.3, -0.25) is 0 Å². The van der Waals surface area contributed by atoms with Gasteiger partial charge in [0.15, 0.2) is 5.71 Å². The Balaban J connectivity index is 0.000000714. The Kier molecular flexibility index (Phi) is 8.69. The minimum Gasteiger partial charge on any atom is -0.496 e.